The quantitative estimate of drug-likeness (QED) is 0.393. The van der Waals surface area contributed by atoms with Gasteiger partial charge in [-0.2, -0.15) is 0 Å². The summed E-state index contributed by atoms with van der Waals surface area (Å²) in [7, 11) is 0. The molecule has 0 atom stereocenters. The molecule has 27 heavy (non-hydrogen) atoms. The van der Waals surface area contributed by atoms with Crippen molar-refractivity contribution in [2.24, 2.45) is 0 Å². The molecule has 0 unspecified atom stereocenters. The number of aromatic nitrogens is 3. The molecule has 0 spiro atoms. The summed E-state index contributed by atoms with van der Waals surface area (Å²) < 4.78 is 28.9. The van der Waals surface area contributed by atoms with E-state index < -0.39 is 11.6 Å². The van der Waals surface area contributed by atoms with Crippen molar-refractivity contribution in [3.8, 4) is 16.4 Å². The average molecular weight is 399 g/mol. The lowest BCUT2D eigenvalue weighted by Gasteiger charge is -2.10. The molecule has 4 aromatic rings. The maximum Gasteiger partial charge on any atom is 0.196 e. The molecule has 136 valence electrons. The lowest BCUT2D eigenvalue weighted by molar-refractivity contribution is 0.581. The van der Waals surface area contributed by atoms with Crippen LogP contribution < -0.4 is 0 Å². The maximum absolute atomic E-state index is 13.5. The molecule has 0 aliphatic carbocycles. The highest BCUT2D eigenvalue weighted by molar-refractivity contribution is 7.98. The van der Waals surface area contributed by atoms with Crippen molar-refractivity contribution in [2.75, 3.05) is 0 Å². The van der Waals surface area contributed by atoms with Crippen LogP contribution in [0.1, 0.15) is 11.1 Å². The largest absolute Gasteiger partial charge is 0.269 e. The summed E-state index contributed by atoms with van der Waals surface area (Å²) in [5, 5.41) is 11.4. The van der Waals surface area contributed by atoms with E-state index in [0.717, 1.165) is 28.0 Å². The topological polar surface area (TPSA) is 30.7 Å². The van der Waals surface area contributed by atoms with Gasteiger partial charge in [0.15, 0.2) is 11.0 Å². The standard InChI is InChI=1S/C20H15F2N3S2/c1-13-4-2-5-17(8-13)25-19(18-6-3-7-26-18)23-24-20(25)27-12-14-9-15(21)11-16(22)10-14/h2-11H,12H2,1H3. The lowest BCUT2D eigenvalue weighted by Crippen LogP contribution is -1.99. The van der Waals surface area contributed by atoms with Gasteiger partial charge < -0.3 is 0 Å². The molecule has 7 heteroatoms. The van der Waals surface area contributed by atoms with E-state index in [2.05, 4.69) is 16.3 Å². The fraction of sp³-hybridized carbons (Fsp3) is 0.100. The Bertz CT molecular complexity index is 1050. The van der Waals surface area contributed by atoms with Crippen LogP contribution in [-0.2, 0) is 5.75 Å². The number of hydrogen-bond acceptors (Lipinski definition) is 4. The first-order valence-electron chi connectivity index (χ1n) is 8.24. The first kappa shape index (κ1) is 17.9. The van der Waals surface area contributed by atoms with Crippen molar-refractivity contribution < 1.29 is 8.78 Å². The smallest absolute Gasteiger partial charge is 0.196 e. The van der Waals surface area contributed by atoms with E-state index in [1.165, 1.54) is 23.9 Å². The number of benzene rings is 2. The van der Waals surface area contributed by atoms with E-state index in [-0.39, 0.29) is 0 Å². The molecule has 0 amide bonds. The van der Waals surface area contributed by atoms with Gasteiger partial charge in [0.25, 0.3) is 0 Å². The highest BCUT2D eigenvalue weighted by Crippen LogP contribution is 2.32. The third kappa shape index (κ3) is 3.94. The fourth-order valence-electron chi connectivity index (χ4n) is 2.77. The van der Waals surface area contributed by atoms with E-state index in [9.17, 15) is 8.78 Å². The van der Waals surface area contributed by atoms with E-state index in [4.69, 9.17) is 0 Å². The zero-order valence-corrected chi connectivity index (χ0v) is 16.0. The Balaban J connectivity index is 1.72. The molecule has 0 N–H and O–H groups in total. The van der Waals surface area contributed by atoms with E-state index >= 15 is 0 Å². The van der Waals surface area contributed by atoms with Crippen LogP contribution in [-0.4, -0.2) is 14.8 Å². The minimum Gasteiger partial charge on any atom is -0.269 e. The van der Waals surface area contributed by atoms with Crippen molar-refractivity contribution in [3.63, 3.8) is 0 Å². The van der Waals surface area contributed by atoms with Gasteiger partial charge in [-0.05, 0) is 53.8 Å². The SMILES string of the molecule is Cc1cccc(-n2c(SCc3cc(F)cc(F)c3)nnc2-c2cccs2)c1. The number of rotatable bonds is 5. The number of thiophene rings is 1. The van der Waals surface area contributed by atoms with Crippen LogP contribution in [0.4, 0.5) is 8.78 Å². The van der Waals surface area contributed by atoms with Crippen LogP contribution in [0.25, 0.3) is 16.4 Å². The van der Waals surface area contributed by atoms with Crippen LogP contribution in [0.2, 0.25) is 0 Å². The van der Waals surface area contributed by atoms with Crippen molar-refractivity contribution in [3.05, 3.63) is 82.7 Å². The average Bonchev–Trinajstić information content (AvgIpc) is 3.28. The summed E-state index contributed by atoms with van der Waals surface area (Å²) in [4.78, 5) is 1.01. The Morgan fingerprint density at radius 1 is 1.00 bits per heavy atom. The molecule has 3 nitrogen and oxygen atoms in total. The molecule has 0 fully saturated rings. The van der Waals surface area contributed by atoms with Gasteiger partial charge in [-0.15, -0.1) is 21.5 Å². The predicted octanol–water partition coefficient (Wildman–Crippen LogP) is 5.87. The van der Waals surface area contributed by atoms with Gasteiger partial charge in [0.1, 0.15) is 11.6 Å². The minimum absolute atomic E-state index is 0.392. The number of halogens is 2. The van der Waals surface area contributed by atoms with Gasteiger partial charge in [-0.1, -0.05) is 30.0 Å². The maximum atomic E-state index is 13.5. The van der Waals surface area contributed by atoms with Crippen LogP contribution in [0.15, 0.2) is 65.1 Å². The van der Waals surface area contributed by atoms with Gasteiger partial charge >= 0.3 is 0 Å². The highest BCUT2D eigenvalue weighted by atomic mass is 32.2. The molecule has 0 radical (unpaired) electrons. The highest BCUT2D eigenvalue weighted by Gasteiger charge is 2.17. The van der Waals surface area contributed by atoms with Crippen molar-refractivity contribution in [1.82, 2.24) is 14.8 Å². The number of nitrogens with zero attached hydrogens (tertiary/aromatic N) is 3. The minimum atomic E-state index is -0.579. The van der Waals surface area contributed by atoms with Gasteiger partial charge in [0, 0.05) is 11.8 Å². The second-order valence-corrected chi connectivity index (χ2v) is 7.91. The van der Waals surface area contributed by atoms with Gasteiger partial charge in [-0.25, -0.2) is 8.78 Å². The molecule has 0 aliphatic heterocycles. The second kappa shape index (κ2) is 7.62. The van der Waals surface area contributed by atoms with Gasteiger partial charge in [0.05, 0.1) is 10.6 Å². The molecule has 2 aromatic carbocycles. The predicted molar refractivity (Wildman–Crippen MR) is 105 cm³/mol. The lowest BCUT2D eigenvalue weighted by atomic mass is 10.2. The molecule has 4 rings (SSSR count). The molecule has 0 saturated carbocycles. The van der Waals surface area contributed by atoms with E-state index in [0.29, 0.717) is 16.5 Å². The summed E-state index contributed by atoms with van der Waals surface area (Å²) >= 11 is 2.99. The van der Waals surface area contributed by atoms with Crippen molar-refractivity contribution >= 4 is 23.1 Å². The Kier molecular flexibility index (Phi) is 5.05. The van der Waals surface area contributed by atoms with Crippen LogP contribution in [0.5, 0.6) is 0 Å². The molecule has 2 heterocycles. The Morgan fingerprint density at radius 3 is 2.52 bits per heavy atom. The molecule has 0 saturated heterocycles. The van der Waals surface area contributed by atoms with Crippen LogP contribution >= 0.6 is 23.1 Å². The van der Waals surface area contributed by atoms with Crippen LogP contribution in [0, 0.1) is 18.6 Å². The number of aryl methyl sites for hydroxylation is 1. The van der Waals surface area contributed by atoms with E-state index in [1.807, 2.05) is 47.2 Å². The summed E-state index contributed by atoms with van der Waals surface area (Å²) in [6.07, 6.45) is 0. The second-order valence-electron chi connectivity index (χ2n) is 6.02. The number of hydrogen-bond donors (Lipinski definition) is 0. The monoisotopic (exact) mass is 399 g/mol. The molecular weight excluding hydrogens is 384 g/mol. The summed E-state index contributed by atoms with van der Waals surface area (Å²) in [5.74, 6) is -0.0122. The first-order chi connectivity index (χ1) is 13.1. The normalized spacial score (nSPS) is 11.1. The summed E-state index contributed by atoms with van der Waals surface area (Å²) in [6.45, 7) is 2.03. The fourth-order valence-corrected chi connectivity index (χ4v) is 4.35. The zero-order valence-electron chi connectivity index (χ0n) is 14.4. The third-order valence-corrected chi connectivity index (χ3v) is 5.79. The summed E-state index contributed by atoms with van der Waals surface area (Å²) in [5.41, 5.74) is 2.65. The van der Waals surface area contributed by atoms with E-state index in [1.54, 1.807) is 11.3 Å². The third-order valence-electron chi connectivity index (χ3n) is 3.93. The van der Waals surface area contributed by atoms with Gasteiger partial charge in [0.2, 0.25) is 0 Å². The Hall–Kier alpha value is -2.51. The Labute approximate surface area is 163 Å². The first-order valence-corrected chi connectivity index (χ1v) is 10.1. The van der Waals surface area contributed by atoms with Crippen molar-refractivity contribution in [2.45, 2.75) is 17.8 Å². The van der Waals surface area contributed by atoms with Crippen LogP contribution in [0.3, 0.4) is 0 Å². The zero-order chi connectivity index (χ0) is 18.8. The molecule has 2 aromatic heterocycles. The molecule has 0 bridgehead atoms. The Morgan fingerprint density at radius 2 is 1.81 bits per heavy atom. The van der Waals surface area contributed by atoms with Gasteiger partial charge in [-0.3, -0.25) is 4.57 Å². The number of thioether (sulfide) groups is 1. The molecule has 0 aliphatic rings. The summed E-state index contributed by atoms with van der Waals surface area (Å²) in [6, 6.07) is 15.6. The van der Waals surface area contributed by atoms with Crippen molar-refractivity contribution in [1.29, 1.82) is 0 Å². The molecular formula is C20H15F2N3S2.